The predicted molar refractivity (Wildman–Crippen MR) is 99.4 cm³/mol. The Morgan fingerprint density at radius 2 is 2.36 bits per heavy atom. The summed E-state index contributed by atoms with van der Waals surface area (Å²) in [6, 6.07) is 2.52. The van der Waals surface area contributed by atoms with Gasteiger partial charge in [-0.25, -0.2) is 0 Å². The van der Waals surface area contributed by atoms with Gasteiger partial charge in [0.05, 0.1) is 13.2 Å². The molecule has 134 valence electrons. The van der Waals surface area contributed by atoms with E-state index in [0.29, 0.717) is 12.0 Å². The fourth-order valence-electron chi connectivity index (χ4n) is 6.17. The fraction of sp³-hybridized carbons (Fsp3) is 0.600. The van der Waals surface area contributed by atoms with E-state index in [1.165, 1.54) is 11.1 Å². The first-order valence-electron chi connectivity index (χ1n) is 9.21. The molecule has 1 spiro atoms. The van der Waals surface area contributed by atoms with Crippen LogP contribution in [0.25, 0.3) is 0 Å². The van der Waals surface area contributed by atoms with E-state index < -0.39 is 6.10 Å². The fourth-order valence-corrected chi connectivity index (χ4v) is 6.74. The number of halogens is 1. The normalized spacial score (nSPS) is 38.0. The summed E-state index contributed by atoms with van der Waals surface area (Å²) in [6.07, 6.45) is 5.42. The van der Waals surface area contributed by atoms with E-state index in [-0.39, 0.29) is 11.5 Å². The SMILES string of the molecule is C=CCN1CC[C@]23c4c5c(Br)cc(OC)c4O[C@H]2[C@@H](O)CC[C@H]3[C@H]1C5. The molecule has 5 rings (SSSR count). The molecule has 2 fully saturated rings. The van der Waals surface area contributed by atoms with Crippen LogP contribution < -0.4 is 9.47 Å². The van der Waals surface area contributed by atoms with E-state index in [2.05, 4.69) is 27.4 Å². The lowest BCUT2D eigenvalue weighted by atomic mass is 9.51. The van der Waals surface area contributed by atoms with Crippen LogP contribution in [0.4, 0.5) is 0 Å². The van der Waals surface area contributed by atoms with Crippen molar-refractivity contribution in [1.29, 1.82) is 0 Å². The average molecular weight is 406 g/mol. The summed E-state index contributed by atoms with van der Waals surface area (Å²) in [6.45, 7) is 5.92. The van der Waals surface area contributed by atoms with Crippen molar-refractivity contribution in [2.45, 2.75) is 49.3 Å². The maximum Gasteiger partial charge on any atom is 0.166 e. The summed E-state index contributed by atoms with van der Waals surface area (Å²) < 4.78 is 13.2. The maximum atomic E-state index is 10.8. The molecule has 0 amide bonds. The number of likely N-dealkylation sites (tertiary alicyclic amines) is 1. The smallest absolute Gasteiger partial charge is 0.166 e. The number of nitrogens with zero attached hydrogens (tertiary/aromatic N) is 1. The summed E-state index contributed by atoms with van der Waals surface area (Å²) in [5, 5.41) is 10.8. The lowest BCUT2D eigenvalue weighted by molar-refractivity contribution is -0.102. The molecule has 0 radical (unpaired) electrons. The van der Waals surface area contributed by atoms with Gasteiger partial charge in [-0.3, -0.25) is 4.90 Å². The topological polar surface area (TPSA) is 41.9 Å². The Labute approximate surface area is 156 Å². The first kappa shape index (κ1) is 16.2. The first-order chi connectivity index (χ1) is 12.1. The van der Waals surface area contributed by atoms with Gasteiger partial charge < -0.3 is 14.6 Å². The predicted octanol–water partition coefficient (Wildman–Crippen LogP) is 3.04. The van der Waals surface area contributed by atoms with E-state index in [9.17, 15) is 5.11 Å². The highest BCUT2D eigenvalue weighted by molar-refractivity contribution is 9.10. The summed E-state index contributed by atoms with van der Waals surface area (Å²) in [4.78, 5) is 2.58. The van der Waals surface area contributed by atoms with Crippen LogP contribution in [0.1, 0.15) is 30.4 Å². The second-order valence-electron chi connectivity index (χ2n) is 7.88. The molecule has 5 atom stereocenters. The number of rotatable bonds is 3. The van der Waals surface area contributed by atoms with Crippen molar-refractivity contribution < 1.29 is 14.6 Å². The molecule has 2 aliphatic carbocycles. The molecule has 5 heteroatoms. The quantitative estimate of drug-likeness (QED) is 0.784. The highest BCUT2D eigenvalue weighted by atomic mass is 79.9. The zero-order valence-corrected chi connectivity index (χ0v) is 16.1. The van der Waals surface area contributed by atoms with Crippen LogP contribution >= 0.6 is 15.9 Å². The van der Waals surface area contributed by atoms with Crippen molar-refractivity contribution in [2.75, 3.05) is 20.2 Å². The van der Waals surface area contributed by atoms with Crippen LogP contribution in [0.3, 0.4) is 0 Å². The van der Waals surface area contributed by atoms with Crippen molar-refractivity contribution in [3.8, 4) is 11.5 Å². The van der Waals surface area contributed by atoms with Crippen LogP contribution in [-0.4, -0.2) is 48.5 Å². The number of hydrogen-bond acceptors (Lipinski definition) is 4. The molecule has 1 saturated carbocycles. The molecule has 1 aromatic rings. The van der Waals surface area contributed by atoms with E-state index in [0.717, 1.165) is 54.7 Å². The lowest BCUT2D eigenvalue weighted by Gasteiger charge is -2.59. The molecular formula is C20H24BrNO3. The van der Waals surface area contributed by atoms with E-state index in [1.807, 2.05) is 12.1 Å². The van der Waals surface area contributed by atoms with Gasteiger partial charge in [-0.15, -0.1) is 6.58 Å². The van der Waals surface area contributed by atoms with Gasteiger partial charge in [-0.2, -0.15) is 0 Å². The second-order valence-corrected chi connectivity index (χ2v) is 8.73. The van der Waals surface area contributed by atoms with Crippen molar-refractivity contribution in [3.05, 3.63) is 34.3 Å². The maximum absolute atomic E-state index is 10.8. The zero-order valence-electron chi connectivity index (χ0n) is 14.5. The van der Waals surface area contributed by atoms with Crippen molar-refractivity contribution in [2.24, 2.45) is 5.92 Å². The number of aliphatic hydroxyl groups is 1. The molecule has 2 heterocycles. The van der Waals surface area contributed by atoms with Crippen LogP contribution in [-0.2, 0) is 11.8 Å². The molecule has 25 heavy (non-hydrogen) atoms. The molecule has 1 N–H and O–H groups in total. The summed E-state index contributed by atoms with van der Waals surface area (Å²) in [5.74, 6) is 2.20. The van der Waals surface area contributed by atoms with Crippen LogP contribution in [0.5, 0.6) is 11.5 Å². The molecule has 2 aliphatic heterocycles. The van der Waals surface area contributed by atoms with Crippen molar-refractivity contribution in [3.63, 3.8) is 0 Å². The second kappa shape index (κ2) is 5.48. The number of benzene rings is 1. The summed E-state index contributed by atoms with van der Waals surface area (Å²) in [5.41, 5.74) is 2.60. The number of aliphatic hydroxyl groups excluding tert-OH is 1. The van der Waals surface area contributed by atoms with Crippen molar-refractivity contribution in [1.82, 2.24) is 4.90 Å². The van der Waals surface area contributed by atoms with E-state index in [4.69, 9.17) is 9.47 Å². The highest BCUT2D eigenvalue weighted by Gasteiger charge is 2.65. The average Bonchev–Trinajstić information content (AvgIpc) is 2.95. The summed E-state index contributed by atoms with van der Waals surface area (Å²) >= 11 is 3.79. The third-order valence-corrected chi connectivity index (χ3v) is 7.75. The van der Waals surface area contributed by atoms with Gasteiger partial charge in [0.25, 0.3) is 0 Å². The minimum atomic E-state index is -0.398. The minimum absolute atomic E-state index is 0.0695. The Balaban J connectivity index is 1.76. The number of ether oxygens (including phenoxy) is 2. The van der Waals surface area contributed by atoms with E-state index in [1.54, 1.807) is 7.11 Å². The number of methoxy groups -OCH3 is 1. The minimum Gasteiger partial charge on any atom is -0.493 e. The Hall–Kier alpha value is -1.04. The molecular weight excluding hydrogens is 382 g/mol. The Morgan fingerprint density at radius 3 is 3.12 bits per heavy atom. The number of hydrogen-bond donors (Lipinski definition) is 1. The van der Waals surface area contributed by atoms with Crippen LogP contribution in [0, 0.1) is 5.92 Å². The van der Waals surface area contributed by atoms with Gasteiger partial charge in [0, 0.05) is 28.0 Å². The van der Waals surface area contributed by atoms with Gasteiger partial charge in [0.15, 0.2) is 11.5 Å². The Morgan fingerprint density at radius 1 is 1.52 bits per heavy atom. The number of piperidine rings is 1. The Bertz CT molecular complexity index is 751. The Kier molecular flexibility index (Phi) is 3.54. The van der Waals surface area contributed by atoms with Gasteiger partial charge in [0.1, 0.15) is 6.10 Å². The monoisotopic (exact) mass is 405 g/mol. The van der Waals surface area contributed by atoms with Gasteiger partial charge in [0.2, 0.25) is 0 Å². The molecule has 0 aromatic heterocycles. The van der Waals surface area contributed by atoms with Crippen LogP contribution in [0.15, 0.2) is 23.2 Å². The van der Waals surface area contributed by atoms with Gasteiger partial charge in [-0.1, -0.05) is 22.0 Å². The molecule has 1 aromatic carbocycles. The molecule has 0 unspecified atom stereocenters. The summed E-state index contributed by atoms with van der Waals surface area (Å²) in [7, 11) is 1.69. The standard InChI is InChI=1S/C20H24BrNO3/c1-3-7-22-8-6-20-12-4-5-15(23)19(20)25-18-16(24-2)10-13(21)11(17(18)20)9-14(12)22/h3,10,12,14-15,19,23H,1,4-9H2,2H3/t12-,14+,15-,19-,20-/m0/s1. The third-order valence-electron chi connectivity index (χ3n) is 7.04. The molecule has 4 aliphatic rings. The third kappa shape index (κ3) is 1.89. The molecule has 4 nitrogen and oxygen atoms in total. The largest absolute Gasteiger partial charge is 0.493 e. The lowest BCUT2D eigenvalue weighted by Crippen LogP contribution is -2.66. The molecule has 2 bridgehead atoms. The first-order valence-corrected chi connectivity index (χ1v) is 10.0. The zero-order chi connectivity index (χ0) is 17.3. The van der Waals surface area contributed by atoms with Gasteiger partial charge in [-0.05, 0) is 49.8 Å². The van der Waals surface area contributed by atoms with Gasteiger partial charge >= 0.3 is 0 Å². The van der Waals surface area contributed by atoms with Crippen molar-refractivity contribution >= 4 is 15.9 Å². The highest BCUT2D eigenvalue weighted by Crippen LogP contribution is 2.64. The van der Waals surface area contributed by atoms with E-state index >= 15 is 0 Å². The molecule has 1 saturated heterocycles. The van der Waals surface area contributed by atoms with Crippen LogP contribution in [0.2, 0.25) is 0 Å².